The topological polar surface area (TPSA) is 55.4 Å². The van der Waals surface area contributed by atoms with Crippen LogP contribution in [0.2, 0.25) is 0 Å². The minimum atomic E-state index is -0.232. The van der Waals surface area contributed by atoms with Crippen molar-refractivity contribution in [2.24, 2.45) is 0 Å². The number of amides is 1. The monoisotopic (exact) mass is 309 g/mol. The van der Waals surface area contributed by atoms with E-state index in [9.17, 15) is 9.59 Å². The molecular formula is C19H19NO3. The maximum atomic E-state index is 12.4. The Morgan fingerprint density at radius 3 is 2.70 bits per heavy atom. The van der Waals surface area contributed by atoms with E-state index in [0.717, 1.165) is 12.0 Å². The average molecular weight is 309 g/mol. The molecule has 1 aliphatic rings. The lowest BCUT2D eigenvalue weighted by Crippen LogP contribution is -2.22. The molecule has 4 nitrogen and oxygen atoms in total. The number of nitrogens with one attached hydrogen (secondary N) is 1. The lowest BCUT2D eigenvalue weighted by Gasteiger charge is -2.25. The van der Waals surface area contributed by atoms with Gasteiger partial charge in [-0.3, -0.25) is 9.59 Å². The second kappa shape index (κ2) is 6.75. The van der Waals surface area contributed by atoms with E-state index >= 15 is 0 Å². The van der Waals surface area contributed by atoms with Crippen molar-refractivity contribution in [2.75, 3.05) is 11.9 Å². The highest BCUT2D eigenvalue weighted by atomic mass is 16.5. The molecule has 0 radical (unpaired) electrons. The van der Waals surface area contributed by atoms with Gasteiger partial charge < -0.3 is 10.1 Å². The molecule has 0 aromatic heterocycles. The summed E-state index contributed by atoms with van der Waals surface area (Å²) in [5.41, 5.74) is 3.38. The number of para-hydroxylation sites is 1. The molecule has 2 aromatic rings. The van der Waals surface area contributed by atoms with Gasteiger partial charge in [-0.05, 0) is 36.6 Å². The summed E-state index contributed by atoms with van der Waals surface area (Å²) in [6.07, 6.45) is 0.884. The number of fused-ring (bicyclic) bond motifs is 1. The van der Waals surface area contributed by atoms with Crippen LogP contribution in [0.15, 0.2) is 48.5 Å². The smallest absolute Gasteiger partial charge is 0.227 e. The lowest BCUT2D eigenvalue weighted by atomic mass is 9.95. The molecule has 1 heterocycles. The molecule has 0 aliphatic carbocycles. The number of hydrogen-bond acceptors (Lipinski definition) is 3. The first kappa shape index (κ1) is 15.4. The molecule has 0 fully saturated rings. The van der Waals surface area contributed by atoms with Crippen molar-refractivity contribution in [3.8, 4) is 0 Å². The maximum Gasteiger partial charge on any atom is 0.227 e. The number of Topliss-reactive ketones (excluding diaryl/α,β-unsaturated/α-hetero) is 1. The summed E-state index contributed by atoms with van der Waals surface area (Å²) < 4.78 is 5.76. The van der Waals surface area contributed by atoms with Crippen LogP contribution in [0.3, 0.4) is 0 Å². The summed E-state index contributed by atoms with van der Waals surface area (Å²) in [5.74, 6) is -0.222. The summed E-state index contributed by atoms with van der Waals surface area (Å²) in [6.45, 7) is 2.12. The fourth-order valence-corrected chi connectivity index (χ4v) is 2.91. The van der Waals surface area contributed by atoms with Gasteiger partial charge in [0.1, 0.15) is 0 Å². The van der Waals surface area contributed by atoms with Crippen LogP contribution in [0.5, 0.6) is 0 Å². The molecule has 23 heavy (non-hydrogen) atoms. The van der Waals surface area contributed by atoms with Gasteiger partial charge in [-0.15, -0.1) is 0 Å². The molecule has 1 N–H and O–H groups in total. The Labute approximate surface area is 135 Å². The summed E-state index contributed by atoms with van der Waals surface area (Å²) in [6, 6.07) is 15.1. The van der Waals surface area contributed by atoms with Gasteiger partial charge in [0, 0.05) is 5.56 Å². The zero-order chi connectivity index (χ0) is 16.2. The molecule has 0 spiro atoms. The van der Waals surface area contributed by atoms with Crippen molar-refractivity contribution >= 4 is 17.4 Å². The van der Waals surface area contributed by atoms with E-state index in [-0.39, 0.29) is 24.2 Å². The predicted molar refractivity (Wildman–Crippen MR) is 88.5 cm³/mol. The van der Waals surface area contributed by atoms with Gasteiger partial charge in [0.05, 0.1) is 24.8 Å². The van der Waals surface area contributed by atoms with Crippen LogP contribution in [0.1, 0.15) is 40.9 Å². The number of carbonyl (C=O) groups is 2. The largest absolute Gasteiger partial charge is 0.373 e. The Kier molecular flexibility index (Phi) is 4.53. The van der Waals surface area contributed by atoms with Crippen LogP contribution in [0.25, 0.3) is 0 Å². The molecular weight excluding hydrogens is 290 g/mol. The van der Waals surface area contributed by atoms with Gasteiger partial charge in [0.2, 0.25) is 5.91 Å². The van der Waals surface area contributed by atoms with Crippen LogP contribution in [0.4, 0.5) is 5.69 Å². The average Bonchev–Trinajstić information content (AvgIpc) is 2.55. The van der Waals surface area contributed by atoms with Crippen molar-refractivity contribution < 1.29 is 14.3 Å². The SMILES string of the molecule is CC(=O)c1ccccc1NC(=O)CC1OCCc2ccccc21. The number of rotatable bonds is 4. The van der Waals surface area contributed by atoms with E-state index in [1.54, 1.807) is 24.3 Å². The number of benzene rings is 2. The summed E-state index contributed by atoms with van der Waals surface area (Å²) in [7, 11) is 0. The first-order valence-electron chi connectivity index (χ1n) is 7.74. The Bertz CT molecular complexity index is 739. The van der Waals surface area contributed by atoms with Crippen LogP contribution in [-0.4, -0.2) is 18.3 Å². The standard InChI is InChI=1S/C19H19NO3/c1-13(21)15-7-4-5-9-17(15)20-19(22)12-18-16-8-3-2-6-14(16)10-11-23-18/h2-9,18H,10-12H2,1H3,(H,20,22). The van der Waals surface area contributed by atoms with Gasteiger partial charge in [-0.25, -0.2) is 0 Å². The molecule has 0 saturated heterocycles. The van der Waals surface area contributed by atoms with Crippen molar-refractivity contribution in [2.45, 2.75) is 25.9 Å². The summed E-state index contributed by atoms with van der Waals surface area (Å²) in [5, 5.41) is 2.83. The third-order valence-electron chi connectivity index (χ3n) is 4.04. The number of hydrogen-bond donors (Lipinski definition) is 1. The van der Waals surface area contributed by atoms with Gasteiger partial charge in [-0.1, -0.05) is 36.4 Å². The molecule has 3 rings (SSSR count). The second-order valence-corrected chi connectivity index (χ2v) is 5.66. The van der Waals surface area contributed by atoms with Crippen molar-refractivity contribution in [1.29, 1.82) is 0 Å². The third-order valence-corrected chi connectivity index (χ3v) is 4.04. The maximum absolute atomic E-state index is 12.4. The number of ketones is 1. The van der Waals surface area contributed by atoms with Crippen molar-refractivity contribution in [1.82, 2.24) is 0 Å². The normalized spacial score (nSPS) is 16.5. The molecule has 1 aliphatic heterocycles. The highest BCUT2D eigenvalue weighted by Gasteiger charge is 2.23. The predicted octanol–water partition coefficient (Wildman–Crippen LogP) is 3.53. The molecule has 118 valence electrons. The molecule has 1 unspecified atom stereocenters. The second-order valence-electron chi connectivity index (χ2n) is 5.66. The van der Waals surface area contributed by atoms with E-state index in [0.29, 0.717) is 17.9 Å². The Balaban J connectivity index is 1.73. The first-order chi connectivity index (χ1) is 11.1. The van der Waals surface area contributed by atoms with Gasteiger partial charge in [-0.2, -0.15) is 0 Å². The van der Waals surface area contributed by atoms with E-state index in [2.05, 4.69) is 11.4 Å². The number of anilines is 1. The molecule has 4 heteroatoms. The highest BCUT2D eigenvalue weighted by molar-refractivity contribution is 6.03. The highest BCUT2D eigenvalue weighted by Crippen LogP contribution is 2.30. The van der Waals surface area contributed by atoms with Crippen LogP contribution < -0.4 is 5.32 Å². The van der Waals surface area contributed by atoms with E-state index in [1.165, 1.54) is 12.5 Å². The summed E-state index contributed by atoms with van der Waals surface area (Å²) >= 11 is 0. The fourth-order valence-electron chi connectivity index (χ4n) is 2.91. The first-order valence-corrected chi connectivity index (χ1v) is 7.74. The van der Waals surface area contributed by atoms with Gasteiger partial charge in [0.15, 0.2) is 5.78 Å². The van der Waals surface area contributed by atoms with Crippen LogP contribution in [-0.2, 0) is 16.0 Å². The molecule has 1 atom stereocenters. The molecule has 2 aromatic carbocycles. The Hall–Kier alpha value is -2.46. The third kappa shape index (κ3) is 3.48. The summed E-state index contributed by atoms with van der Waals surface area (Å²) in [4.78, 5) is 24.0. The molecule has 0 saturated carbocycles. The van der Waals surface area contributed by atoms with E-state index < -0.39 is 0 Å². The van der Waals surface area contributed by atoms with E-state index in [4.69, 9.17) is 4.74 Å². The molecule has 0 bridgehead atoms. The van der Waals surface area contributed by atoms with Crippen molar-refractivity contribution in [3.63, 3.8) is 0 Å². The van der Waals surface area contributed by atoms with Gasteiger partial charge in [0.25, 0.3) is 0 Å². The number of ether oxygens (including phenoxy) is 1. The van der Waals surface area contributed by atoms with Crippen LogP contribution >= 0.6 is 0 Å². The van der Waals surface area contributed by atoms with Crippen LogP contribution in [0, 0.1) is 0 Å². The van der Waals surface area contributed by atoms with Gasteiger partial charge >= 0.3 is 0 Å². The number of carbonyl (C=O) groups excluding carboxylic acids is 2. The van der Waals surface area contributed by atoms with E-state index in [1.807, 2.05) is 18.2 Å². The zero-order valence-electron chi connectivity index (χ0n) is 13.0. The minimum absolute atomic E-state index is 0.0693. The Morgan fingerprint density at radius 2 is 1.87 bits per heavy atom. The van der Waals surface area contributed by atoms with Crippen molar-refractivity contribution in [3.05, 3.63) is 65.2 Å². The molecule has 1 amide bonds. The minimum Gasteiger partial charge on any atom is -0.373 e. The Morgan fingerprint density at radius 1 is 1.13 bits per heavy atom. The quantitative estimate of drug-likeness (QED) is 0.879. The lowest BCUT2D eigenvalue weighted by molar-refractivity contribution is -0.119. The fraction of sp³-hybridized carbons (Fsp3) is 0.263. The zero-order valence-corrected chi connectivity index (χ0v) is 13.0.